The van der Waals surface area contributed by atoms with Gasteiger partial charge in [0.15, 0.2) is 5.96 Å². The van der Waals surface area contributed by atoms with Crippen molar-refractivity contribution in [2.24, 2.45) is 16.3 Å². The number of rotatable bonds is 6. The summed E-state index contributed by atoms with van der Waals surface area (Å²) in [6.07, 6.45) is 1.02. The summed E-state index contributed by atoms with van der Waals surface area (Å²) >= 11 is 0. The van der Waals surface area contributed by atoms with E-state index in [1.807, 2.05) is 18.7 Å². The molecule has 0 aliphatic carbocycles. The van der Waals surface area contributed by atoms with Gasteiger partial charge in [0.2, 0.25) is 5.91 Å². The first kappa shape index (κ1) is 20.7. The highest BCUT2D eigenvalue weighted by Crippen LogP contribution is 2.21. The molecule has 1 rings (SSSR count). The molecule has 0 saturated carbocycles. The first-order valence-electron chi connectivity index (χ1n) is 9.05. The lowest BCUT2D eigenvalue weighted by atomic mass is 9.89. The van der Waals surface area contributed by atoms with Gasteiger partial charge in [-0.25, -0.2) is 0 Å². The van der Waals surface area contributed by atoms with Crippen LogP contribution in [-0.4, -0.2) is 62.2 Å². The van der Waals surface area contributed by atoms with E-state index in [-0.39, 0.29) is 29.4 Å². The maximum atomic E-state index is 12.1. The third-order valence-electron chi connectivity index (χ3n) is 4.34. The molecule has 1 aliphatic rings. The van der Waals surface area contributed by atoms with Crippen LogP contribution in [0.1, 0.15) is 48.0 Å². The highest BCUT2D eigenvalue weighted by atomic mass is 16.5. The Bertz CT molecular complexity index is 429. The fraction of sp³-hybridized carbons (Fsp3) is 0.889. The van der Waals surface area contributed by atoms with Crippen molar-refractivity contribution in [3.05, 3.63) is 0 Å². The van der Waals surface area contributed by atoms with Gasteiger partial charge in [0.25, 0.3) is 0 Å². The van der Waals surface area contributed by atoms with Crippen molar-refractivity contribution < 1.29 is 9.53 Å². The number of likely N-dealkylation sites (tertiary alicyclic amines) is 1. The molecule has 0 aromatic rings. The summed E-state index contributed by atoms with van der Waals surface area (Å²) < 4.78 is 5.57. The van der Waals surface area contributed by atoms with Crippen LogP contribution in [0.5, 0.6) is 0 Å². The fourth-order valence-electron chi connectivity index (χ4n) is 2.83. The molecule has 2 unspecified atom stereocenters. The number of hydrogen-bond acceptors (Lipinski definition) is 3. The smallest absolute Gasteiger partial charge is 0.225 e. The average Bonchev–Trinajstić information content (AvgIpc) is 2.94. The predicted molar refractivity (Wildman–Crippen MR) is 99.2 cm³/mol. The Balaban J connectivity index is 2.63. The summed E-state index contributed by atoms with van der Waals surface area (Å²) in [7, 11) is 1.73. The Morgan fingerprint density at radius 3 is 2.54 bits per heavy atom. The topological polar surface area (TPSA) is 66.0 Å². The molecular weight excluding hydrogens is 304 g/mol. The molecule has 6 heteroatoms. The molecule has 0 aromatic carbocycles. The van der Waals surface area contributed by atoms with Gasteiger partial charge in [-0.1, -0.05) is 34.6 Å². The number of nitrogens with one attached hydrogen (secondary N) is 2. The van der Waals surface area contributed by atoms with E-state index >= 15 is 0 Å². The molecule has 0 bridgehead atoms. The number of methoxy groups -OCH3 is 1. The lowest BCUT2D eigenvalue weighted by Crippen LogP contribution is -2.46. The average molecular weight is 341 g/mol. The van der Waals surface area contributed by atoms with Crippen molar-refractivity contribution in [1.82, 2.24) is 15.5 Å². The molecule has 1 amide bonds. The number of hydrogen-bond donors (Lipinski definition) is 2. The zero-order valence-electron chi connectivity index (χ0n) is 16.5. The van der Waals surface area contributed by atoms with E-state index in [1.54, 1.807) is 7.11 Å². The molecule has 1 aliphatic heterocycles. The number of carbonyl (C=O) groups excluding carboxylic acids is 1. The Morgan fingerprint density at radius 1 is 1.38 bits per heavy atom. The number of aliphatic imine (C=N–C) groups is 1. The van der Waals surface area contributed by atoms with Crippen molar-refractivity contribution in [1.29, 1.82) is 0 Å². The second kappa shape index (κ2) is 9.25. The number of nitrogens with zero attached hydrogens (tertiary/aromatic N) is 2. The van der Waals surface area contributed by atoms with E-state index in [4.69, 9.17) is 4.74 Å². The molecule has 1 heterocycles. The van der Waals surface area contributed by atoms with Gasteiger partial charge in [-0.2, -0.15) is 0 Å². The van der Waals surface area contributed by atoms with Crippen LogP contribution in [0.3, 0.4) is 0 Å². The van der Waals surface area contributed by atoms with Crippen LogP contribution in [0, 0.1) is 11.3 Å². The van der Waals surface area contributed by atoms with Gasteiger partial charge >= 0.3 is 0 Å². The Morgan fingerprint density at radius 2 is 2.04 bits per heavy atom. The lowest BCUT2D eigenvalue weighted by molar-refractivity contribution is -0.133. The third kappa shape index (κ3) is 6.30. The quantitative estimate of drug-likeness (QED) is 0.572. The summed E-state index contributed by atoms with van der Waals surface area (Å²) in [5, 5.41) is 6.75. The number of carbonyl (C=O) groups is 1. The van der Waals surface area contributed by atoms with Crippen LogP contribution < -0.4 is 10.6 Å². The molecule has 0 aromatic heterocycles. The van der Waals surface area contributed by atoms with Gasteiger partial charge in [0.05, 0.1) is 12.6 Å². The summed E-state index contributed by atoms with van der Waals surface area (Å²) in [4.78, 5) is 18.7. The first-order valence-corrected chi connectivity index (χ1v) is 9.05. The summed E-state index contributed by atoms with van der Waals surface area (Å²) in [5.41, 5.74) is 0.0451. The second-order valence-corrected chi connectivity index (χ2v) is 7.88. The van der Waals surface area contributed by atoms with Crippen molar-refractivity contribution in [3.63, 3.8) is 0 Å². The number of ether oxygens (including phenoxy) is 1. The standard InChI is InChI=1S/C18H36N4O2/c1-8-19-17(20-11-15(24-7)18(4,5)6)21-14-9-10-22(12-14)16(23)13(2)3/h13-15H,8-12H2,1-7H3,(H2,19,20,21). The van der Waals surface area contributed by atoms with Crippen LogP contribution in [0.4, 0.5) is 0 Å². The zero-order valence-corrected chi connectivity index (χ0v) is 16.5. The van der Waals surface area contributed by atoms with Gasteiger partial charge < -0.3 is 20.3 Å². The van der Waals surface area contributed by atoms with Crippen molar-refractivity contribution in [2.45, 2.75) is 60.1 Å². The Hall–Kier alpha value is -1.30. The molecule has 2 N–H and O–H groups in total. The van der Waals surface area contributed by atoms with Crippen LogP contribution in [0.2, 0.25) is 0 Å². The molecule has 6 nitrogen and oxygen atoms in total. The monoisotopic (exact) mass is 340 g/mol. The second-order valence-electron chi connectivity index (χ2n) is 7.88. The SMILES string of the molecule is CCNC(=NCC(OC)C(C)(C)C)NC1CCN(C(=O)C(C)C)C1. The lowest BCUT2D eigenvalue weighted by Gasteiger charge is -2.28. The number of guanidine groups is 1. The number of amides is 1. The summed E-state index contributed by atoms with van der Waals surface area (Å²) in [5.74, 6) is 1.08. The third-order valence-corrected chi connectivity index (χ3v) is 4.34. The minimum atomic E-state index is 0.0451. The van der Waals surface area contributed by atoms with Crippen LogP contribution in [-0.2, 0) is 9.53 Å². The van der Waals surface area contributed by atoms with Crippen LogP contribution in [0.25, 0.3) is 0 Å². The Kier molecular flexibility index (Phi) is 8.00. The molecule has 1 fully saturated rings. The molecule has 2 atom stereocenters. The minimum absolute atomic E-state index is 0.0451. The van der Waals surface area contributed by atoms with Crippen LogP contribution >= 0.6 is 0 Å². The van der Waals surface area contributed by atoms with Gasteiger partial charge in [0, 0.05) is 38.7 Å². The van der Waals surface area contributed by atoms with E-state index in [0.717, 1.165) is 32.0 Å². The normalized spacial score (nSPS) is 20.4. The molecule has 0 spiro atoms. The van der Waals surface area contributed by atoms with E-state index in [2.05, 4.69) is 43.3 Å². The maximum absolute atomic E-state index is 12.1. The van der Waals surface area contributed by atoms with E-state index in [1.165, 1.54) is 0 Å². The highest BCUT2D eigenvalue weighted by Gasteiger charge is 2.28. The fourth-order valence-corrected chi connectivity index (χ4v) is 2.83. The van der Waals surface area contributed by atoms with E-state index < -0.39 is 0 Å². The van der Waals surface area contributed by atoms with Crippen molar-refractivity contribution in [2.75, 3.05) is 33.3 Å². The van der Waals surface area contributed by atoms with Crippen LogP contribution in [0.15, 0.2) is 4.99 Å². The molecule has 24 heavy (non-hydrogen) atoms. The van der Waals surface area contributed by atoms with Gasteiger partial charge in [-0.3, -0.25) is 9.79 Å². The van der Waals surface area contributed by atoms with Gasteiger partial charge in [0.1, 0.15) is 0 Å². The highest BCUT2D eigenvalue weighted by molar-refractivity contribution is 5.81. The Labute approximate surface area is 147 Å². The van der Waals surface area contributed by atoms with Gasteiger partial charge in [-0.15, -0.1) is 0 Å². The molecular formula is C18H36N4O2. The molecule has 1 saturated heterocycles. The van der Waals surface area contributed by atoms with Gasteiger partial charge in [-0.05, 0) is 18.8 Å². The summed E-state index contributed by atoms with van der Waals surface area (Å²) in [6, 6.07) is 0.251. The predicted octanol–water partition coefficient (Wildman–Crippen LogP) is 1.86. The molecule has 0 radical (unpaired) electrons. The van der Waals surface area contributed by atoms with E-state index in [9.17, 15) is 4.79 Å². The first-order chi connectivity index (χ1) is 11.2. The summed E-state index contributed by atoms with van der Waals surface area (Å²) in [6.45, 7) is 15.4. The maximum Gasteiger partial charge on any atom is 0.225 e. The zero-order chi connectivity index (χ0) is 18.3. The minimum Gasteiger partial charge on any atom is -0.379 e. The van der Waals surface area contributed by atoms with Crippen molar-refractivity contribution >= 4 is 11.9 Å². The molecule has 140 valence electrons. The largest absolute Gasteiger partial charge is 0.379 e. The van der Waals surface area contributed by atoms with Crippen molar-refractivity contribution in [3.8, 4) is 0 Å². The van der Waals surface area contributed by atoms with E-state index in [0.29, 0.717) is 6.54 Å².